The van der Waals surface area contributed by atoms with Crippen molar-refractivity contribution >= 4 is 11.7 Å². The molecule has 0 aromatic heterocycles. The van der Waals surface area contributed by atoms with Crippen molar-refractivity contribution in [3.8, 4) is 0 Å². The maximum atomic E-state index is 13.3. The number of ether oxygens (including phenoxy) is 1. The van der Waals surface area contributed by atoms with Crippen molar-refractivity contribution in [1.82, 2.24) is 0 Å². The van der Waals surface area contributed by atoms with Gasteiger partial charge in [0.1, 0.15) is 11.9 Å². The average Bonchev–Trinajstić information content (AvgIpc) is 2.31. The van der Waals surface area contributed by atoms with Crippen LogP contribution in [-0.4, -0.2) is 18.6 Å². The molecule has 0 bridgehead atoms. The van der Waals surface area contributed by atoms with E-state index in [-0.39, 0.29) is 11.8 Å². The molecule has 0 spiro atoms. The van der Waals surface area contributed by atoms with Gasteiger partial charge >= 0.3 is 5.97 Å². The molecule has 0 amide bonds. The summed E-state index contributed by atoms with van der Waals surface area (Å²) >= 11 is 0. The molecule has 0 fully saturated rings. The second-order valence-electron chi connectivity index (χ2n) is 3.77. The van der Waals surface area contributed by atoms with Gasteiger partial charge in [0, 0.05) is 11.3 Å². The zero-order chi connectivity index (χ0) is 12.8. The first kappa shape index (κ1) is 13.5. The third-order valence-electron chi connectivity index (χ3n) is 2.58. The Morgan fingerprint density at radius 2 is 2.18 bits per heavy atom. The number of halogens is 1. The molecule has 0 aliphatic rings. The molecule has 17 heavy (non-hydrogen) atoms. The smallest absolute Gasteiger partial charge is 0.328 e. The van der Waals surface area contributed by atoms with Gasteiger partial charge in [0.2, 0.25) is 0 Å². The molecule has 0 saturated heterocycles. The summed E-state index contributed by atoms with van der Waals surface area (Å²) < 4.78 is 18.3. The molecule has 1 rings (SSSR count). The number of nitrogens with one attached hydrogen (secondary N) is 1. The van der Waals surface area contributed by atoms with E-state index < -0.39 is 6.04 Å². The number of hydrogen-bond acceptors (Lipinski definition) is 3. The first-order chi connectivity index (χ1) is 8.10. The lowest BCUT2D eigenvalue weighted by Gasteiger charge is -2.18. The molecular formula is C13H18FNO2. The van der Waals surface area contributed by atoms with Gasteiger partial charge in [-0.15, -0.1) is 0 Å². The zero-order valence-corrected chi connectivity index (χ0v) is 10.4. The Morgan fingerprint density at radius 1 is 1.47 bits per heavy atom. The molecule has 0 saturated carbocycles. The molecule has 1 atom stereocenters. The summed E-state index contributed by atoms with van der Waals surface area (Å²) in [6.07, 6.45) is 0.592. The van der Waals surface area contributed by atoms with Crippen LogP contribution in [0.3, 0.4) is 0 Å². The van der Waals surface area contributed by atoms with Gasteiger partial charge in [-0.25, -0.2) is 9.18 Å². The number of rotatable bonds is 5. The molecule has 0 radical (unpaired) electrons. The zero-order valence-electron chi connectivity index (χ0n) is 10.4. The molecule has 1 unspecified atom stereocenters. The van der Waals surface area contributed by atoms with Gasteiger partial charge in [-0.1, -0.05) is 13.0 Å². The number of esters is 1. The van der Waals surface area contributed by atoms with Gasteiger partial charge in [0.05, 0.1) is 6.61 Å². The van der Waals surface area contributed by atoms with Gasteiger partial charge in [0.15, 0.2) is 0 Å². The van der Waals surface area contributed by atoms with Crippen LogP contribution in [0.4, 0.5) is 10.1 Å². The van der Waals surface area contributed by atoms with Crippen LogP contribution in [-0.2, 0) is 9.53 Å². The normalized spacial score (nSPS) is 12.0. The Kier molecular flexibility index (Phi) is 4.94. The molecule has 1 aromatic carbocycles. The summed E-state index contributed by atoms with van der Waals surface area (Å²) in [6, 6.07) is 4.32. The Balaban J connectivity index is 2.80. The Bertz CT molecular complexity index is 393. The summed E-state index contributed by atoms with van der Waals surface area (Å²) in [6.45, 7) is 5.66. The van der Waals surface area contributed by atoms with Crippen molar-refractivity contribution in [2.75, 3.05) is 11.9 Å². The predicted octanol–water partition coefficient (Wildman–Crippen LogP) is 2.89. The molecule has 94 valence electrons. The van der Waals surface area contributed by atoms with Crippen molar-refractivity contribution in [2.24, 2.45) is 0 Å². The summed E-state index contributed by atoms with van der Waals surface area (Å²) in [4.78, 5) is 11.6. The fourth-order valence-electron chi connectivity index (χ4n) is 1.52. The van der Waals surface area contributed by atoms with Crippen LogP contribution in [0.5, 0.6) is 0 Å². The lowest BCUT2D eigenvalue weighted by Crippen LogP contribution is -2.31. The monoisotopic (exact) mass is 239 g/mol. The van der Waals surface area contributed by atoms with E-state index in [1.54, 1.807) is 26.0 Å². The van der Waals surface area contributed by atoms with Gasteiger partial charge in [0.25, 0.3) is 0 Å². The van der Waals surface area contributed by atoms with E-state index in [4.69, 9.17) is 4.74 Å². The highest BCUT2D eigenvalue weighted by molar-refractivity contribution is 5.79. The number of hydrogen-bond donors (Lipinski definition) is 1. The second kappa shape index (κ2) is 6.23. The minimum absolute atomic E-state index is 0.284. The molecule has 4 heteroatoms. The molecule has 1 aromatic rings. The Hall–Kier alpha value is -1.58. The first-order valence-corrected chi connectivity index (χ1v) is 5.78. The quantitative estimate of drug-likeness (QED) is 0.803. The largest absolute Gasteiger partial charge is 0.464 e. The highest BCUT2D eigenvalue weighted by Crippen LogP contribution is 2.19. The van der Waals surface area contributed by atoms with Crippen molar-refractivity contribution < 1.29 is 13.9 Å². The molecule has 0 heterocycles. The highest BCUT2D eigenvalue weighted by Gasteiger charge is 2.18. The minimum atomic E-state index is -0.435. The first-order valence-electron chi connectivity index (χ1n) is 5.78. The predicted molar refractivity (Wildman–Crippen MR) is 65.5 cm³/mol. The van der Waals surface area contributed by atoms with Crippen molar-refractivity contribution in [1.29, 1.82) is 0 Å². The van der Waals surface area contributed by atoms with Crippen LogP contribution in [0.2, 0.25) is 0 Å². The van der Waals surface area contributed by atoms with Gasteiger partial charge in [-0.3, -0.25) is 0 Å². The van der Waals surface area contributed by atoms with E-state index >= 15 is 0 Å². The fraction of sp³-hybridized carbons (Fsp3) is 0.462. The minimum Gasteiger partial charge on any atom is -0.464 e. The Morgan fingerprint density at radius 3 is 2.76 bits per heavy atom. The van der Waals surface area contributed by atoms with Crippen LogP contribution in [0, 0.1) is 12.7 Å². The van der Waals surface area contributed by atoms with Crippen LogP contribution in [0.15, 0.2) is 18.2 Å². The van der Waals surface area contributed by atoms with E-state index in [0.717, 1.165) is 0 Å². The van der Waals surface area contributed by atoms with Crippen molar-refractivity contribution in [3.63, 3.8) is 0 Å². The maximum absolute atomic E-state index is 13.3. The summed E-state index contributed by atoms with van der Waals surface area (Å²) in [5.74, 6) is -0.590. The number of benzene rings is 1. The molecule has 0 aliphatic heterocycles. The van der Waals surface area contributed by atoms with E-state index in [9.17, 15) is 9.18 Å². The van der Waals surface area contributed by atoms with Crippen LogP contribution in [0.1, 0.15) is 25.8 Å². The van der Waals surface area contributed by atoms with Crippen LogP contribution >= 0.6 is 0 Å². The SMILES string of the molecule is CCOC(=O)C(CC)Nc1cccc(F)c1C. The Labute approximate surface area is 101 Å². The maximum Gasteiger partial charge on any atom is 0.328 e. The average molecular weight is 239 g/mol. The number of carbonyl (C=O) groups excluding carboxylic acids is 1. The molecule has 3 nitrogen and oxygen atoms in total. The summed E-state index contributed by atoms with van der Waals surface area (Å²) in [5.41, 5.74) is 1.14. The number of carbonyl (C=O) groups is 1. The van der Waals surface area contributed by atoms with Crippen molar-refractivity contribution in [3.05, 3.63) is 29.6 Å². The third-order valence-corrected chi connectivity index (χ3v) is 2.58. The van der Waals surface area contributed by atoms with E-state index in [1.807, 2.05) is 6.92 Å². The molecule has 0 aliphatic carbocycles. The van der Waals surface area contributed by atoms with Gasteiger partial charge < -0.3 is 10.1 Å². The summed E-state index contributed by atoms with van der Waals surface area (Å²) in [5, 5.41) is 3.01. The van der Waals surface area contributed by atoms with Gasteiger partial charge in [-0.2, -0.15) is 0 Å². The fourth-order valence-corrected chi connectivity index (χ4v) is 1.52. The van der Waals surface area contributed by atoms with E-state index in [0.29, 0.717) is 24.3 Å². The van der Waals surface area contributed by atoms with Crippen LogP contribution < -0.4 is 5.32 Å². The van der Waals surface area contributed by atoms with Gasteiger partial charge in [-0.05, 0) is 32.4 Å². The number of anilines is 1. The highest BCUT2D eigenvalue weighted by atomic mass is 19.1. The molecule has 1 N–H and O–H groups in total. The topological polar surface area (TPSA) is 38.3 Å². The summed E-state index contributed by atoms with van der Waals surface area (Å²) in [7, 11) is 0. The lowest BCUT2D eigenvalue weighted by molar-refractivity contribution is -0.144. The van der Waals surface area contributed by atoms with Crippen LogP contribution in [0.25, 0.3) is 0 Å². The lowest BCUT2D eigenvalue weighted by atomic mass is 10.1. The standard InChI is InChI=1S/C13H18FNO2/c1-4-11(13(16)17-5-2)15-12-8-6-7-10(14)9(12)3/h6-8,11,15H,4-5H2,1-3H3. The van der Waals surface area contributed by atoms with Crippen molar-refractivity contribution in [2.45, 2.75) is 33.2 Å². The molecular weight excluding hydrogens is 221 g/mol. The second-order valence-corrected chi connectivity index (χ2v) is 3.77. The van der Waals surface area contributed by atoms with E-state index in [2.05, 4.69) is 5.32 Å². The third kappa shape index (κ3) is 3.44. The van der Waals surface area contributed by atoms with E-state index in [1.165, 1.54) is 6.07 Å².